The lowest BCUT2D eigenvalue weighted by Gasteiger charge is -2.20. The molecule has 0 radical (unpaired) electrons. The van der Waals surface area contributed by atoms with Crippen LogP contribution in [0.3, 0.4) is 0 Å². The van der Waals surface area contributed by atoms with E-state index in [1.807, 2.05) is 16.8 Å². The average molecular weight is 370 g/mol. The summed E-state index contributed by atoms with van der Waals surface area (Å²) in [7, 11) is 0. The Morgan fingerprint density at radius 3 is 2.62 bits per heavy atom. The zero-order valence-electron chi connectivity index (χ0n) is 12.5. The molecule has 114 valence electrons. The smallest absolute Gasteiger partial charge is 0.209 e. The Hall–Kier alpha value is -0.920. The van der Waals surface area contributed by atoms with Crippen molar-refractivity contribution in [2.24, 2.45) is 0 Å². The maximum Gasteiger partial charge on any atom is 0.209 e. The number of rotatable bonds is 6. The summed E-state index contributed by atoms with van der Waals surface area (Å²) in [4.78, 5) is 0. The minimum atomic E-state index is 0.110. The molecule has 2 rings (SSSR count). The van der Waals surface area contributed by atoms with Gasteiger partial charge in [-0.1, -0.05) is 39.8 Å². The summed E-state index contributed by atoms with van der Waals surface area (Å²) < 4.78 is 2.94. The molecule has 7 heteroatoms. The van der Waals surface area contributed by atoms with Crippen molar-refractivity contribution in [1.29, 1.82) is 0 Å². The van der Waals surface area contributed by atoms with Crippen LogP contribution in [0.4, 0.5) is 0 Å². The molecule has 0 saturated heterocycles. The Morgan fingerprint density at radius 2 is 1.95 bits per heavy atom. The van der Waals surface area contributed by atoms with Crippen molar-refractivity contribution in [3.05, 3.63) is 34.3 Å². The molecule has 1 heterocycles. The zero-order chi connectivity index (χ0) is 15.3. The average Bonchev–Trinajstić information content (AvgIpc) is 2.84. The van der Waals surface area contributed by atoms with Crippen LogP contribution in [-0.4, -0.2) is 32.3 Å². The van der Waals surface area contributed by atoms with Gasteiger partial charge in [0.25, 0.3) is 0 Å². The Kier molecular flexibility index (Phi) is 5.78. The maximum absolute atomic E-state index is 4.09. The molecule has 2 aromatic rings. The number of hydrogen-bond donors (Lipinski definition) is 1. The second kappa shape index (κ2) is 7.38. The fourth-order valence-electron chi connectivity index (χ4n) is 1.71. The largest absolute Gasteiger partial charge is 0.310 e. The quantitative estimate of drug-likeness (QED) is 0.792. The molecule has 1 N–H and O–H groups in total. The van der Waals surface area contributed by atoms with E-state index in [-0.39, 0.29) is 5.54 Å². The van der Waals surface area contributed by atoms with Gasteiger partial charge in [-0.3, -0.25) is 0 Å². The van der Waals surface area contributed by atoms with Gasteiger partial charge in [-0.25, -0.2) is 4.68 Å². The van der Waals surface area contributed by atoms with Crippen molar-refractivity contribution >= 4 is 27.7 Å². The highest BCUT2D eigenvalue weighted by atomic mass is 79.9. The van der Waals surface area contributed by atoms with E-state index in [9.17, 15) is 0 Å². The van der Waals surface area contributed by atoms with Gasteiger partial charge in [0.15, 0.2) is 0 Å². The molecule has 0 atom stereocenters. The molecule has 1 aromatic heterocycles. The van der Waals surface area contributed by atoms with Gasteiger partial charge in [0.1, 0.15) is 0 Å². The van der Waals surface area contributed by atoms with Gasteiger partial charge >= 0.3 is 0 Å². The molecular weight excluding hydrogens is 350 g/mol. The van der Waals surface area contributed by atoms with Gasteiger partial charge in [-0.2, -0.15) is 0 Å². The molecule has 5 nitrogen and oxygen atoms in total. The predicted molar refractivity (Wildman–Crippen MR) is 89.3 cm³/mol. The van der Waals surface area contributed by atoms with Crippen LogP contribution in [0.5, 0.6) is 0 Å². The van der Waals surface area contributed by atoms with E-state index in [2.05, 4.69) is 69.7 Å². The molecule has 0 bridgehead atoms. The second-order valence-corrected chi connectivity index (χ2v) is 7.63. The molecule has 21 heavy (non-hydrogen) atoms. The maximum atomic E-state index is 4.09. The SMILES string of the molecule is CC(C)(C)NCCn1nnnc1SCc1ccc(Br)cc1. The number of nitrogens with zero attached hydrogens (tertiary/aromatic N) is 4. The second-order valence-electron chi connectivity index (χ2n) is 5.78. The molecule has 0 amide bonds. The topological polar surface area (TPSA) is 55.6 Å². The molecule has 0 aliphatic rings. The first-order chi connectivity index (χ1) is 9.94. The van der Waals surface area contributed by atoms with E-state index in [4.69, 9.17) is 0 Å². The standard InChI is InChI=1S/C14H20BrN5S/c1-14(2,3)16-8-9-20-13(17-18-19-20)21-10-11-4-6-12(15)7-5-11/h4-7,16H,8-10H2,1-3H3. The van der Waals surface area contributed by atoms with Gasteiger partial charge in [0.2, 0.25) is 5.16 Å². The number of nitrogens with one attached hydrogen (secondary N) is 1. The minimum Gasteiger partial charge on any atom is -0.310 e. The number of thioether (sulfide) groups is 1. The Bertz CT molecular complexity index is 561. The van der Waals surface area contributed by atoms with Gasteiger partial charge in [0, 0.05) is 22.3 Å². The van der Waals surface area contributed by atoms with E-state index in [1.54, 1.807) is 11.8 Å². The highest BCUT2D eigenvalue weighted by molar-refractivity contribution is 9.10. The summed E-state index contributed by atoms with van der Waals surface area (Å²) in [5.41, 5.74) is 1.37. The first-order valence-electron chi connectivity index (χ1n) is 6.82. The van der Waals surface area contributed by atoms with Gasteiger partial charge in [0.05, 0.1) is 6.54 Å². The van der Waals surface area contributed by atoms with E-state index in [0.29, 0.717) is 0 Å². The van der Waals surface area contributed by atoms with Crippen LogP contribution in [0, 0.1) is 0 Å². The van der Waals surface area contributed by atoms with Crippen LogP contribution >= 0.6 is 27.7 Å². The first-order valence-corrected chi connectivity index (χ1v) is 8.60. The molecule has 0 fully saturated rings. The van der Waals surface area contributed by atoms with Crippen molar-refractivity contribution in [2.45, 2.75) is 43.8 Å². The predicted octanol–water partition coefficient (Wildman–Crippen LogP) is 3.12. The highest BCUT2D eigenvalue weighted by Gasteiger charge is 2.10. The van der Waals surface area contributed by atoms with Gasteiger partial charge in [-0.15, -0.1) is 5.10 Å². The van der Waals surface area contributed by atoms with Crippen LogP contribution in [0.15, 0.2) is 33.9 Å². The van der Waals surface area contributed by atoms with Gasteiger partial charge < -0.3 is 5.32 Å². The zero-order valence-corrected chi connectivity index (χ0v) is 14.9. The van der Waals surface area contributed by atoms with E-state index in [1.165, 1.54) is 5.56 Å². The summed E-state index contributed by atoms with van der Waals surface area (Å²) in [6.07, 6.45) is 0. The summed E-state index contributed by atoms with van der Waals surface area (Å²) >= 11 is 5.10. The summed E-state index contributed by atoms with van der Waals surface area (Å²) in [5, 5.41) is 16.2. The van der Waals surface area contributed by atoms with Crippen LogP contribution in [0.2, 0.25) is 0 Å². The first kappa shape index (κ1) is 16.5. The molecule has 0 aliphatic carbocycles. The molecule has 0 unspecified atom stereocenters. The number of tetrazole rings is 1. The van der Waals surface area contributed by atoms with Crippen molar-refractivity contribution in [3.63, 3.8) is 0 Å². The monoisotopic (exact) mass is 369 g/mol. The minimum absolute atomic E-state index is 0.110. The van der Waals surface area contributed by atoms with Crippen molar-refractivity contribution in [2.75, 3.05) is 6.54 Å². The fraction of sp³-hybridized carbons (Fsp3) is 0.500. The van der Waals surface area contributed by atoms with Crippen molar-refractivity contribution in [3.8, 4) is 0 Å². The van der Waals surface area contributed by atoms with Crippen molar-refractivity contribution < 1.29 is 0 Å². The molecular formula is C14H20BrN5S. The van der Waals surface area contributed by atoms with E-state index >= 15 is 0 Å². The Balaban J connectivity index is 1.86. The molecule has 0 saturated carbocycles. The van der Waals surface area contributed by atoms with E-state index < -0.39 is 0 Å². The van der Waals surface area contributed by atoms with E-state index in [0.717, 1.165) is 28.5 Å². The molecule has 0 aliphatic heterocycles. The summed E-state index contributed by atoms with van der Waals surface area (Å²) in [5.74, 6) is 0.861. The third kappa shape index (κ3) is 5.76. The van der Waals surface area contributed by atoms with Crippen LogP contribution in [0.25, 0.3) is 0 Å². The number of aromatic nitrogens is 4. The van der Waals surface area contributed by atoms with Crippen molar-refractivity contribution in [1.82, 2.24) is 25.5 Å². The molecule has 1 aromatic carbocycles. The normalized spacial score (nSPS) is 11.8. The van der Waals surface area contributed by atoms with Crippen LogP contribution in [-0.2, 0) is 12.3 Å². The lowest BCUT2D eigenvalue weighted by molar-refractivity contribution is 0.396. The number of hydrogen-bond acceptors (Lipinski definition) is 5. The Morgan fingerprint density at radius 1 is 1.24 bits per heavy atom. The fourth-order valence-corrected chi connectivity index (χ4v) is 2.83. The number of halogens is 1. The third-order valence-corrected chi connectivity index (χ3v) is 4.32. The number of benzene rings is 1. The van der Waals surface area contributed by atoms with Crippen LogP contribution < -0.4 is 5.32 Å². The molecule has 0 spiro atoms. The summed E-state index contributed by atoms with van der Waals surface area (Å²) in [6, 6.07) is 8.30. The summed E-state index contributed by atoms with van der Waals surface area (Å²) in [6.45, 7) is 8.06. The third-order valence-electron chi connectivity index (χ3n) is 2.76. The highest BCUT2D eigenvalue weighted by Crippen LogP contribution is 2.21. The Labute approximate surface area is 138 Å². The van der Waals surface area contributed by atoms with Crippen LogP contribution in [0.1, 0.15) is 26.3 Å². The lowest BCUT2D eigenvalue weighted by atomic mass is 10.1. The lowest BCUT2D eigenvalue weighted by Crippen LogP contribution is -2.38. The van der Waals surface area contributed by atoms with Gasteiger partial charge in [-0.05, 0) is 48.9 Å².